The van der Waals surface area contributed by atoms with E-state index in [0.717, 1.165) is 45.3 Å². The quantitative estimate of drug-likeness (QED) is 0.272. The second-order valence-electron chi connectivity index (χ2n) is 20.6. The minimum atomic E-state index is -1.92. The molecule has 5 fully saturated rings. The molecule has 5 nitrogen and oxygen atoms in total. The molecule has 2 saturated heterocycles. The first-order valence-electron chi connectivity index (χ1n) is 19.3. The third kappa shape index (κ3) is 6.34. The van der Waals surface area contributed by atoms with Crippen molar-refractivity contribution in [2.75, 3.05) is 19.8 Å². The maximum absolute atomic E-state index is 11.3. The summed E-state index contributed by atoms with van der Waals surface area (Å²) in [5.74, 6) is 2.88. The van der Waals surface area contributed by atoms with Crippen LogP contribution in [0.15, 0.2) is 0 Å². The Labute approximate surface area is 286 Å². The van der Waals surface area contributed by atoms with Gasteiger partial charge in [0.1, 0.15) is 0 Å². The summed E-state index contributed by atoms with van der Waals surface area (Å²) in [6.07, 6.45) is 9.66. The summed E-state index contributed by atoms with van der Waals surface area (Å²) in [6.45, 7) is 35.6. The van der Waals surface area contributed by atoms with Crippen molar-refractivity contribution in [1.29, 1.82) is 0 Å². The van der Waals surface area contributed by atoms with Crippen LogP contribution < -0.4 is 0 Å². The predicted octanol–water partition coefficient (Wildman–Crippen LogP) is 10.0. The van der Waals surface area contributed by atoms with Crippen LogP contribution in [0.3, 0.4) is 0 Å². The zero-order valence-electron chi connectivity index (χ0n) is 32.6. The van der Waals surface area contributed by atoms with Crippen molar-refractivity contribution in [3.05, 3.63) is 0 Å². The lowest BCUT2D eigenvalue weighted by Gasteiger charge is -2.58. The molecular weight excluding hydrogens is 605 g/mol. The fourth-order valence-electron chi connectivity index (χ4n) is 10.7. The third-order valence-corrected chi connectivity index (χ3v) is 25.0. The summed E-state index contributed by atoms with van der Waals surface area (Å²) >= 11 is 0. The summed E-state index contributed by atoms with van der Waals surface area (Å²) in [7, 11) is -3.80. The van der Waals surface area contributed by atoms with Crippen LogP contribution in [0.4, 0.5) is 0 Å². The molecule has 12 atom stereocenters. The highest BCUT2D eigenvalue weighted by atomic mass is 28.4. The zero-order chi connectivity index (χ0) is 34.3. The van der Waals surface area contributed by atoms with Crippen LogP contribution in [-0.2, 0) is 18.3 Å². The lowest BCUT2D eigenvalue weighted by atomic mass is 9.48. The third-order valence-electron chi connectivity index (χ3n) is 16.0. The molecule has 0 aromatic carbocycles. The fraction of sp³-hybridized carbons (Fsp3) is 1.00. The van der Waals surface area contributed by atoms with Gasteiger partial charge in [-0.15, -0.1) is 0 Å². The van der Waals surface area contributed by atoms with Gasteiger partial charge in [0.2, 0.25) is 0 Å². The van der Waals surface area contributed by atoms with E-state index in [1.54, 1.807) is 0 Å². The van der Waals surface area contributed by atoms with Crippen LogP contribution >= 0.6 is 0 Å². The molecule has 0 aromatic rings. The minimum absolute atomic E-state index is 0.123. The molecule has 3 saturated carbocycles. The zero-order valence-corrected chi connectivity index (χ0v) is 34.6. The molecule has 1 spiro atoms. The van der Waals surface area contributed by atoms with Crippen LogP contribution in [0.2, 0.25) is 36.3 Å². The lowest BCUT2D eigenvalue weighted by molar-refractivity contribution is -0.273. The Balaban J connectivity index is 1.39. The first-order valence-corrected chi connectivity index (χ1v) is 25.1. The van der Waals surface area contributed by atoms with E-state index in [1.807, 2.05) is 0 Å². The van der Waals surface area contributed by atoms with Crippen molar-refractivity contribution in [1.82, 2.24) is 0 Å². The number of aliphatic hydroxyl groups is 1. The largest absolute Gasteiger partial charge is 0.417 e. The number of hydrogen-bond acceptors (Lipinski definition) is 5. The predicted molar refractivity (Wildman–Crippen MR) is 195 cm³/mol. The lowest BCUT2D eigenvalue weighted by Crippen LogP contribution is -2.55. The highest BCUT2D eigenvalue weighted by Crippen LogP contribution is 2.69. The normalized spacial score (nSPS) is 45.6. The van der Waals surface area contributed by atoms with Crippen LogP contribution in [0.1, 0.15) is 121 Å². The van der Waals surface area contributed by atoms with Crippen LogP contribution in [-0.4, -0.2) is 59.6 Å². The summed E-state index contributed by atoms with van der Waals surface area (Å²) in [5, 5.41) is 11.7. The standard InChI is InChI=1S/C39H74O5Si2/c1-26-15-20-39(41-24-26)27(2)34-33(43-39)22-32-30(23-40)31(17-19-38(32,34)10)37(9)18-16-29(44-46(13,14)36(6,7)8)21-28(37)25-42-45(11,12)35(3,4)5/h26-34,40H,15-25H2,1-14H3/t26-,27+,28-,29+,30-,31+,32+,33+,34+,37+,38+,39-/m1/s1. The van der Waals surface area contributed by atoms with Crippen molar-refractivity contribution in [3.63, 3.8) is 0 Å². The molecule has 0 unspecified atom stereocenters. The second-order valence-corrected chi connectivity index (χ2v) is 30.2. The Morgan fingerprint density at radius 1 is 0.804 bits per heavy atom. The van der Waals surface area contributed by atoms with Gasteiger partial charge in [0.05, 0.1) is 12.7 Å². The molecule has 7 heteroatoms. The van der Waals surface area contributed by atoms with Crippen molar-refractivity contribution >= 4 is 16.6 Å². The van der Waals surface area contributed by atoms with Gasteiger partial charge in [-0.3, -0.25) is 0 Å². The van der Waals surface area contributed by atoms with E-state index in [1.165, 1.54) is 19.3 Å². The molecule has 2 heterocycles. The fourth-order valence-corrected chi connectivity index (χ4v) is 13.2. The van der Waals surface area contributed by atoms with Gasteiger partial charge >= 0.3 is 0 Å². The number of aliphatic hydroxyl groups excluding tert-OH is 1. The van der Waals surface area contributed by atoms with E-state index in [9.17, 15) is 5.11 Å². The Morgan fingerprint density at radius 3 is 2.00 bits per heavy atom. The Kier molecular flexibility index (Phi) is 10.2. The molecule has 0 amide bonds. The summed E-state index contributed by atoms with van der Waals surface area (Å²) < 4.78 is 27.8. The summed E-state index contributed by atoms with van der Waals surface area (Å²) in [4.78, 5) is 0. The summed E-state index contributed by atoms with van der Waals surface area (Å²) in [5.41, 5.74) is 0.314. The SMILES string of the molecule is C[C@@H]1CC[C@@]2(OC1)O[C@H]1C[C@H]3[C@H](CO)[C@@H]([C@@]4(C)CC[C@H](O[Si](C)(C)C(C)(C)C)C[C@@H]4CO[Si](C)(C)C(C)(C)C)CC[C@]3(C)[C@H]1[C@@H]2C. The van der Waals surface area contributed by atoms with E-state index >= 15 is 0 Å². The highest BCUT2D eigenvalue weighted by Gasteiger charge is 2.68. The van der Waals surface area contributed by atoms with Gasteiger partial charge in [-0.05, 0) is 128 Å². The van der Waals surface area contributed by atoms with Crippen LogP contribution in [0.5, 0.6) is 0 Å². The molecule has 5 rings (SSSR count). The second kappa shape index (κ2) is 12.5. The van der Waals surface area contributed by atoms with Crippen molar-refractivity contribution in [3.8, 4) is 0 Å². The molecule has 46 heavy (non-hydrogen) atoms. The highest BCUT2D eigenvalue weighted by molar-refractivity contribution is 6.74. The monoisotopic (exact) mass is 679 g/mol. The molecule has 0 bridgehead atoms. The number of rotatable bonds is 7. The van der Waals surface area contributed by atoms with Gasteiger partial charge in [-0.25, -0.2) is 0 Å². The maximum atomic E-state index is 11.3. The first kappa shape index (κ1) is 37.5. The number of fused-ring (bicyclic) bond motifs is 3. The van der Waals surface area contributed by atoms with E-state index in [2.05, 4.69) is 95.4 Å². The van der Waals surface area contributed by atoms with E-state index < -0.39 is 16.6 Å². The molecule has 3 aliphatic carbocycles. The van der Waals surface area contributed by atoms with E-state index in [0.29, 0.717) is 47.5 Å². The smallest absolute Gasteiger partial charge is 0.192 e. The van der Waals surface area contributed by atoms with Crippen molar-refractivity contribution < 1.29 is 23.4 Å². The topological polar surface area (TPSA) is 57.2 Å². The van der Waals surface area contributed by atoms with Gasteiger partial charge < -0.3 is 23.4 Å². The molecule has 2 aliphatic heterocycles. The Bertz CT molecular complexity index is 1070. The molecule has 0 aromatic heterocycles. The molecule has 1 N–H and O–H groups in total. The molecule has 0 radical (unpaired) electrons. The van der Waals surface area contributed by atoms with Crippen LogP contribution in [0.25, 0.3) is 0 Å². The van der Waals surface area contributed by atoms with Gasteiger partial charge in [0.15, 0.2) is 22.4 Å². The molecular formula is C39H74O5Si2. The number of ether oxygens (including phenoxy) is 2. The van der Waals surface area contributed by atoms with E-state index in [4.69, 9.17) is 18.3 Å². The average molecular weight is 679 g/mol. The van der Waals surface area contributed by atoms with Crippen LogP contribution in [0, 0.1) is 52.3 Å². The van der Waals surface area contributed by atoms with Crippen molar-refractivity contribution in [2.24, 2.45) is 52.3 Å². The van der Waals surface area contributed by atoms with Gasteiger partial charge in [-0.1, -0.05) is 69.2 Å². The van der Waals surface area contributed by atoms with Gasteiger partial charge in [-0.2, -0.15) is 0 Å². The Hall–Kier alpha value is 0.234. The van der Waals surface area contributed by atoms with E-state index in [-0.39, 0.29) is 39.4 Å². The first-order chi connectivity index (χ1) is 21.0. The molecule has 268 valence electrons. The summed E-state index contributed by atoms with van der Waals surface area (Å²) in [6, 6.07) is 0. The maximum Gasteiger partial charge on any atom is 0.192 e. The average Bonchev–Trinajstić information content (AvgIpc) is 3.38. The molecule has 5 aliphatic rings. The number of hydrogen-bond donors (Lipinski definition) is 1. The van der Waals surface area contributed by atoms with Gasteiger partial charge in [0.25, 0.3) is 0 Å². The minimum Gasteiger partial charge on any atom is -0.417 e. The van der Waals surface area contributed by atoms with Gasteiger partial charge in [0, 0.05) is 31.7 Å². The van der Waals surface area contributed by atoms with Crippen molar-refractivity contribution in [2.45, 2.75) is 175 Å². The Morgan fingerprint density at radius 2 is 1.43 bits per heavy atom.